The smallest absolute Gasteiger partial charge is 0.160 e. The monoisotopic (exact) mass is 718 g/mol. The van der Waals surface area contributed by atoms with E-state index in [2.05, 4.69) is 189 Å². The van der Waals surface area contributed by atoms with Gasteiger partial charge in [-0.2, -0.15) is 0 Å². The lowest BCUT2D eigenvalue weighted by Gasteiger charge is -2.28. The molecule has 8 aromatic carbocycles. The molecule has 1 atom stereocenters. The Morgan fingerprint density at radius 3 is 1.80 bits per heavy atom. The van der Waals surface area contributed by atoms with Gasteiger partial charge in [0.25, 0.3) is 0 Å². The lowest BCUT2D eigenvalue weighted by Crippen LogP contribution is -2.22. The first-order chi connectivity index (χ1) is 27.1. The first-order valence-corrected chi connectivity index (χ1v) is 19.6. The molecule has 10 aromatic rings. The van der Waals surface area contributed by atoms with Crippen LogP contribution in [-0.4, -0.2) is 9.97 Å². The maximum atomic E-state index is 5.30. The minimum atomic E-state index is -0.263. The van der Waals surface area contributed by atoms with Crippen LogP contribution in [-0.2, 0) is 5.41 Å². The second-order valence-corrected chi connectivity index (χ2v) is 15.7. The Hall–Kier alpha value is -6.68. The minimum Gasteiger partial charge on any atom is -0.228 e. The standard InChI is InChI=1S/C52H34N2S/c1-52(35-17-6-3-7-18-35)44-24-12-10-21-39(44)40-28-27-34(31-45(40)52)36-29-30-41(38-20-9-8-19-37(36)38)46-32-47(54-51(53-46)33-15-4-2-5-16-33)42-23-14-26-49-50(42)43-22-11-13-25-48(43)55-49/h2-32H,1H3. The molecule has 258 valence electrons. The van der Waals surface area contributed by atoms with Gasteiger partial charge in [0, 0.05) is 42.3 Å². The van der Waals surface area contributed by atoms with Crippen molar-refractivity contribution in [2.75, 3.05) is 0 Å². The molecular weight excluding hydrogens is 685 g/mol. The zero-order valence-corrected chi connectivity index (χ0v) is 31.0. The number of hydrogen-bond acceptors (Lipinski definition) is 3. The molecule has 0 radical (unpaired) electrons. The largest absolute Gasteiger partial charge is 0.228 e. The number of thiophene rings is 1. The highest BCUT2D eigenvalue weighted by Crippen LogP contribution is 2.53. The van der Waals surface area contributed by atoms with Crippen molar-refractivity contribution in [1.29, 1.82) is 0 Å². The van der Waals surface area contributed by atoms with E-state index < -0.39 is 0 Å². The van der Waals surface area contributed by atoms with Gasteiger partial charge in [-0.3, -0.25) is 0 Å². The molecule has 0 saturated heterocycles. The van der Waals surface area contributed by atoms with Gasteiger partial charge in [-0.05, 0) is 80.9 Å². The van der Waals surface area contributed by atoms with Crippen LogP contribution in [0.1, 0.15) is 23.6 Å². The molecule has 0 fully saturated rings. The fourth-order valence-electron chi connectivity index (χ4n) is 8.94. The van der Waals surface area contributed by atoms with Gasteiger partial charge in [-0.25, -0.2) is 9.97 Å². The third kappa shape index (κ3) is 4.94. The minimum absolute atomic E-state index is 0.263. The van der Waals surface area contributed by atoms with Crippen LogP contribution < -0.4 is 0 Å². The van der Waals surface area contributed by atoms with Crippen LogP contribution in [0.15, 0.2) is 188 Å². The molecule has 3 heteroatoms. The van der Waals surface area contributed by atoms with Crippen LogP contribution in [0.3, 0.4) is 0 Å². The molecule has 1 aliphatic rings. The van der Waals surface area contributed by atoms with Crippen LogP contribution in [0, 0.1) is 0 Å². The average molecular weight is 719 g/mol. The number of nitrogens with zero attached hydrogens (tertiary/aromatic N) is 2. The number of benzene rings is 8. The van der Waals surface area contributed by atoms with Crippen molar-refractivity contribution >= 4 is 42.3 Å². The Bertz CT molecular complexity index is 3110. The summed E-state index contributed by atoms with van der Waals surface area (Å²) in [5.74, 6) is 0.719. The van der Waals surface area contributed by atoms with Gasteiger partial charge in [0.05, 0.1) is 11.4 Å². The predicted octanol–water partition coefficient (Wildman–Crippen LogP) is 14.0. The Morgan fingerprint density at radius 2 is 0.982 bits per heavy atom. The lowest BCUT2D eigenvalue weighted by atomic mass is 9.74. The Balaban J connectivity index is 1.11. The van der Waals surface area contributed by atoms with Gasteiger partial charge >= 0.3 is 0 Å². The van der Waals surface area contributed by atoms with Crippen LogP contribution >= 0.6 is 11.3 Å². The molecular formula is C52H34N2S. The van der Waals surface area contributed by atoms with Gasteiger partial charge in [-0.15, -0.1) is 11.3 Å². The van der Waals surface area contributed by atoms with Crippen molar-refractivity contribution in [2.24, 2.45) is 0 Å². The molecule has 0 saturated carbocycles. The van der Waals surface area contributed by atoms with Crippen molar-refractivity contribution < 1.29 is 0 Å². The summed E-state index contributed by atoms with van der Waals surface area (Å²) >= 11 is 1.83. The molecule has 55 heavy (non-hydrogen) atoms. The maximum Gasteiger partial charge on any atom is 0.160 e. The first-order valence-electron chi connectivity index (χ1n) is 18.8. The van der Waals surface area contributed by atoms with Crippen molar-refractivity contribution in [3.05, 3.63) is 205 Å². The van der Waals surface area contributed by atoms with E-state index in [0.29, 0.717) is 0 Å². The second-order valence-electron chi connectivity index (χ2n) is 14.6. The molecule has 0 spiro atoms. The van der Waals surface area contributed by atoms with Crippen molar-refractivity contribution in [2.45, 2.75) is 12.3 Å². The molecule has 0 aliphatic heterocycles. The first kappa shape index (κ1) is 31.8. The van der Waals surface area contributed by atoms with Gasteiger partial charge < -0.3 is 0 Å². The van der Waals surface area contributed by atoms with E-state index in [1.807, 2.05) is 17.4 Å². The van der Waals surface area contributed by atoms with Crippen LogP contribution in [0.4, 0.5) is 0 Å². The van der Waals surface area contributed by atoms with E-state index >= 15 is 0 Å². The van der Waals surface area contributed by atoms with E-state index in [9.17, 15) is 0 Å². The van der Waals surface area contributed by atoms with E-state index in [4.69, 9.17) is 9.97 Å². The van der Waals surface area contributed by atoms with E-state index in [0.717, 1.165) is 39.3 Å². The van der Waals surface area contributed by atoms with Crippen molar-refractivity contribution in [1.82, 2.24) is 9.97 Å². The van der Waals surface area contributed by atoms with Crippen LogP contribution in [0.25, 0.3) is 87.1 Å². The number of aromatic nitrogens is 2. The summed E-state index contributed by atoms with van der Waals surface area (Å²) in [5, 5.41) is 4.87. The van der Waals surface area contributed by atoms with Crippen molar-refractivity contribution in [3.8, 4) is 56.2 Å². The van der Waals surface area contributed by atoms with Crippen molar-refractivity contribution in [3.63, 3.8) is 0 Å². The fourth-order valence-corrected chi connectivity index (χ4v) is 10.1. The quantitative estimate of drug-likeness (QED) is 0.177. The summed E-state index contributed by atoms with van der Waals surface area (Å²) in [7, 11) is 0. The summed E-state index contributed by atoms with van der Waals surface area (Å²) in [4.78, 5) is 10.6. The molecule has 0 amide bonds. The molecule has 1 unspecified atom stereocenters. The predicted molar refractivity (Wildman–Crippen MR) is 232 cm³/mol. The summed E-state index contributed by atoms with van der Waals surface area (Å²) in [6.45, 7) is 2.38. The Labute approximate surface area is 324 Å². The SMILES string of the molecule is CC1(c2ccccc2)c2ccccc2-c2ccc(-c3ccc(-c4cc(-c5cccc6sc7ccccc7c56)nc(-c5ccccc5)n4)c4ccccc34)cc21. The molecule has 11 rings (SSSR count). The third-order valence-corrected chi connectivity index (χ3v) is 12.7. The van der Waals surface area contributed by atoms with E-state index in [1.54, 1.807) is 0 Å². The molecule has 1 aliphatic carbocycles. The van der Waals surface area contributed by atoms with Crippen LogP contribution in [0.5, 0.6) is 0 Å². The van der Waals surface area contributed by atoms with Gasteiger partial charge in [0.15, 0.2) is 5.82 Å². The summed E-state index contributed by atoms with van der Waals surface area (Å²) < 4.78 is 2.54. The van der Waals surface area contributed by atoms with Gasteiger partial charge in [0.1, 0.15) is 0 Å². The zero-order chi connectivity index (χ0) is 36.5. The number of rotatable bonds is 5. The second kappa shape index (κ2) is 12.4. The highest BCUT2D eigenvalue weighted by Gasteiger charge is 2.40. The molecule has 2 heterocycles. The highest BCUT2D eigenvalue weighted by molar-refractivity contribution is 7.25. The number of hydrogen-bond donors (Lipinski definition) is 0. The number of fused-ring (bicyclic) bond motifs is 7. The normalized spacial score (nSPS) is 14.7. The zero-order valence-electron chi connectivity index (χ0n) is 30.2. The summed E-state index contributed by atoms with van der Waals surface area (Å²) in [6, 6.07) is 68.0. The molecule has 0 bridgehead atoms. The Kier molecular flexibility index (Phi) is 7.20. The van der Waals surface area contributed by atoms with Gasteiger partial charge in [-0.1, -0.05) is 164 Å². The van der Waals surface area contributed by atoms with E-state index in [-0.39, 0.29) is 5.41 Å². The topological polar surface area (TPSA) is 25.8 Å². The van der Waals surface area contributed by atoms with E-state index in [1.165, 1.54) is 64.5 Å². The lowest BCUT2D eigenvalue weighted by molar-refractivity contribution is 0.714. The molecule has 0 N–H and O–H groups in total. The molecule has 2 aromatic heterocycles. The van der Waals surface area contributed by atoms with Gasteiger partial charge in [0.2, 0.25) is 0 Å². The fraction of sp³-hybridized carbons (Fsp3) is 0.0385. The highest BCUT2D eigenvalue weighted by atomic mass is 32.1. The summed E-state index contributed by atoms with van der Waals surface area (Å²) in [6.07, 6.45) is 0. The maximum absolute atomic E-state index is 5.30. The average Bonchev–Trinajstić information content (AvgIpc) is 3.77. The Morgan fingerprint density at radius 1 is 0.400 bits per heavy atom. The third-order valence-electron chi connectivity index (χ3n) is 11.6. The molecule has 2 nitrogen and oxygen atoms in total. The summed E-state index contributed by atoms with van der Waals surface area (Å²) in [5.41, 5.74) is 13.8. The van der Waals surface area contributed by atoms with Crippen LogP contribution in [0.2, 0.25) is 0 Å².